The van der Waals surface area contributed by atoms with Gasteiger partial charge < -0.3 is 10.6 Å². The average Bonchev–Trinajstić information content (AvgIpc) is 2.86. The zero-order valence-corrected chi connectivity index (χ0v) is 15.4. The number of halogens is 1. The monoisotopic (exact) mass is 364 g/mol. The molecule has 0 aromatic heterocycles. The van der Waals surface area contributed by atoms with Crippen LogP contribution in [0.2, 0.25) is 0 Å². The number of anilines is 1. The summed E-state index contributed by atoms with van der Waals surface area (Å²) in [6.45, 7) is 7.94. The molecule has 0 radical (unpaired) electrons. The van der Waals surface area contributed by atoms with E-state index < -0.39 is 5.25 Å². The van der Waals surface area contributed by atoms with E-state index in [1.165, 1.54) is 36.0 Å². The molecule has 2 amide bonds. The van der Waals surface area contributed by atoms with Crippen molar-refractivity contribution in [3.05, 3.63) is 30.1 Å². The summed E-state index contributed by atoms with van der Waals surface area (Å²) < 4.78 is 12.9. The molecule has 1 aromatic rings. The molecular formula is C17H21FN4O2S. The number of benzene rings is 1. The maximum absolute atomic E-state index is 12.9. The lowest BCUT2D eigenvalue weighted by molar-refractivity contribution is -0.122. The zero-order valence-electron chi connectivity index (χ0n) is 14.6. The van der Waals surface area contributed by atoms with E-state index in [1.807, 2.05) is 27.7 Å². The van der Waals surface area contributed by atoms with Gasteiger partial charge in [0, 0.05) is 23.2 Å². The van der Waals surface area contributed by atoms with E-state index in [1.54, 1.807) is 0 Å². The Morgan fingerprint density at radius 1 is 1.32 bits per heavy atom. The lowest BCUT2D eigenvalue weighted by atomic mass is 9.91. The van der Waals surface area contributed by atoms with Gasteiger partial charge in [0.2, 0.25) is 11.8 Å². The Balaban J connectivity index is 1.94. The van der Waals surface area contributed by atoms with Gasteiger partial charge >= 0.3 is 0 Å². The van der Waals surface area contributed by atoms with Crippen molar-refractivity contribution in [1.29, 1.82) is 0 Å². The zero-order chi connectivity index (χ0) is 18.6. The molecule has 0 bridgehead atoms. The summed E-state index contributed by atoms with van der Waals surface area (Å²) in [5.74, 6) is -0.979. The summed E-state index contributed by atoms with van der Waals surface area (Å²) in [6, 6.07) is 5.44. The normalized spacial score (nSPS) is 19.9. The van der Waals surface area contributed by atoms with Gasteiger partial charge in [0.05, 0.1) is 0 Å². The second-order valence-electron chi connectivity index (χ2n) is 6.70. The number of amides is 2. The minimum atomic E-state index is -0.565. The van der Waals surface area contributed by atoms with Gasteiger partial charge in [-0.2, -0.15) is 5.10 Å². The highest BCUT2D eigenvalue weighted by molar-refractivity contribution is 8.15. The summed E-state index contributed by atoms with van der Waals surface area (Å²) >= 11 is 1.17. The lowest BCUT2D eigenvalue weighted by Crippen LogP contribution is -2.28. The summed E-state index contributed by atoms with van der Waals surface area (Å²) in [5, 5.41) is 13.3. The molecule has 0 saturated carbocycles. The molecule has 1 atom stereocenters. The average molecular weight is 364 g/mol. The van der Waals surface area contributed by atoms with Crippen LogP contribution in [0, 0.1) is 11.2 Å². The molecule has 8 heteroatoms. The van der Waals surface area contributed by atoms with Crippen LogP contribution in [-0.4, -0.2) is 27.9 Å². The van der Waals surface area contributed by atoms with Crippen molar-refractivity contribution in [2.24, 2.45) is 15.6 Å². The van der Waals surface area contributed by atoms with Crippen LogP contribution in [0.3, 0.4) is 0 Å². The number of nitrogens with zero attached hydrogens (tertiary/aromatic N) is 2. The van der Waals surface area contributed by atoms with E-state index in [-0.39, 0.29) is 29.5 Å². The number of carbonyl (C=O) groups excluding carboxylic acids is 2. The minimum Gasteiger partial charge on any atom is -0.326 e. The highest BCUT2D eigenvalue weighted by atomic mass is 32.2. The fraction of sp³-hybridized carbons (Fsp3) is 0.412. The molecule has 2 N–H and O–H groups in total. The molecule has 1 aliphatic rings. The van der Waals surface area contributed by atoms with Crippen LogP contribution in [0.1, 0.15) is 34.1 Å². The van der Waals surface area contributed by atoms with E-state index >= 15 is 0 Å². The summed E-state index contributed by atoms with van der Waals surface area (Å²) in [6.07, 6.45) is -0.00510. The molecule has 1 aromatic carbocycles. The van der Waals surface area contributed by atoms with E-state index in [4.69, 9.17) is 0 Å². The molecule has 25 heavy (non-hydrogen) atoms. The highest BCUT2D eigenvalue weighted by Gasteiger charge is 2.32. The number of rotatable bonds is 4. The summed E-state index contributed by atoms with van der Waals surface area (Å²) in [5.41, 5.74) is 1.22. The number of amidine groups is 1. The summed E-state index contributed by atoms with van der Waals surface area (Å²) in [7, 11) is 0. The van der Waals surface area contributed by atoms with Crippen LogP contribution in [0.15, 0.2) is 34.5 Å². The van der Waals surface area contributed by atoms with Crippen molar-refractivity contribution >= 4 is 40.1 Å². The predicted octanol–water partition coefficient (Wildman–Crippen LogP) is 3.16. The Labute approximate surface area is 150 Å². The van der Waals surface area contributed by atoms with Gasteiger partial charge in [0.25, 0.3) is 0 Å². The third-order valence-electron chi connectivity index (χ3n) is 3.65. The summed E-state index contributed by atoms with van der Waals surface area (Å²) in [4.78, 5) is 24.0. The standard InChI is InChI=1S/C17H21FN4O2S/c1-10(17(2,3)4)21-22-16-20-15(24)13(25-16)9-14(23)19-12-7-5-11(18)6-8-12/h5-8,13H,9H2,1-4H3,(H,19,23)(H,20,22,24)/b21-10+/t13-/m1/s1. The fourth-order valence-corrected chi connectivity index (χ4v) is 2.69. The molecule has 134 valence electrons. The first kappa shape index (κ1) is 19.1. The van der Waals surface area contributed by atoms with Gasteiger partial charge in [-0.1, -0.05) is 32.5 Å². The number of thioether (sulfide) groups is 1. The highest BCUT2D eigenvalue weighted by Crippen LogP contribution is 2.24. The van der Waals surface area contributed by atoms with Crippen molar-refractivity contribution in [3.63, 3.8) is 0 Å². The minimum absolute atomic E-state index is 0.00510. The van der Waals surface area contributed by atoms with Gasteiger partial charge in [-0.05, 0) is 31.2 Å². The Bertz CT molecular complexity index is 723. The topological polar surface area (TPSA) is 82.9 Å². The van der Waals surface area contributed by atoms with Crippen molar-refractivity contribution < 1.29 is 14.0 Å². The SMILES string of the molecule is C/C(=N\N=C1/NC(=O)[C@@H](CC(=O)Nc2ccc(F)cc2)S1)C(C)(C)C. The van der Waals surface area contributed by atoms with Crippen molar-refractivity contribution in [3.8, 4) is 0 Å². The molecule has 6 nitrogen and oxygen atoms in total. The van der Waals surface area contributed by atoms with Gasteiger partial charge in [0.15, 0.2) is 5.17 Å². The Morgan fingerprint density at radius 3 is 2.56 bits per heavy atom. The molecule has 2 rings (SSSR count). The molecule has 1 saturated heterocycles. The van der Waals surface area contributed by atoms with Crippen LogP contribution >= 0.6 is 11.8 Å². The van der Waals surface area contributed by atoms with E-state index in [2.05, 4.69) is 20.8 Å². The van der Waals surface area contributed by atoms with E-state index in [0.717, 1.165) is 5.71 Å². The van der Waals surface area contributed by atoms with Gasteiger partial charge in [0.1, 0.15) is 11.1 Å². The molecule has 1 heterocycles. The second kappa shape index (κ2) is 7.77. The molecule has 1 fully saturated rings. The number of nitrogens with one attached hydrogen (secondary N) is 2. The van der Waals surface area contributed by atoms with Crippen molar-refractivity contribution in [2.45, 2.75) is 39.4 Å². The first-order chi connectivity index (χ1) is 11.6. The van der Waals surface area contributed by atoms with Crippen molar-refractivity contribution in [1.82, 2.24) is 5.32 Å². The van der Waals surface area contributed by atoms with E-state index in [9.17, 15) is 14.0 Å². The van der Waals surface area contributed by atoms with Crippen molar-refractivity contribution in [2.75, 3.05) is 5.32 Å². The molecular weight excluding hydrogens is 343 g/mol. The van der Waals surface area contributed by atoms with Crippen LogP contribution in [0.4, 0.5) is 10.1 Å². The molecule has 0 unspecified atom stereocenters. The number of carbonyl (C=O) groups is 2. The second-order valence-corrected chi connectivity index (χ2v) is 7.89. The number of hydrogen-bond donors (Lipinski definition) is 2. The van der Waals surface area contributed by atoms with E-state index in [0.29, 0.717) is 10.9 Å². The number of hydrogen-bond acceptors (Lipinski definition) is 5. The first-order valence-corrected chi connectivity index (χ1v) is 8.69. The Kier molecular flexibility index (Phi) is 5.94. The fourth-order valence-electron chi connectivity index (χ4n) is 1.77. The first-order valence-electron chi connectivity index (χ1n) is 7.81. The maximum Gasteiger partial charge on any atom is 0.240 e. The van der Waals surface area contributed by atoms with Crippen LogP contribution in [0.25, 0.3) is 0 Å². The Hall–Kier alpha value is -2.22. The van der Waals surface area contributed by atoms with Crippen LogP contribution in [-0.2, 0) is 9.59 Å². The maximum atomic E-state index is 12.9. The van der Waals surface area contributed by atoms with Gasteiger partial charge in [-0.3, -0.25) is 9.59 Å². The largest absolute Gasteiger partial charge is 0.326 e. The Morgan fingerprint density at radius 2 is 1.96 bits per heavy atom. The lowest BCUT2D eigenvalue weighted by Gasteiger charge is -2.16. The third-order valence-corrected chi connectivity index (χ3v) is 4.72. The molecule has 0 aliphatic carbocycles. The quantitative estimate of drug-likeness (QED) is 0.636. The van der Waals surface area contributed by atoms with Gasteiger partial charge in [-0.25, -0.2) is 4.39 Å². The van der Waals surface area contributed by atoms with Gasteiger partial charge in [-0.15, -0.1) is 5.10 Å². The van der Waals surface area contributed by atoms with Crippen LogP contribution in [0.5, 0.6) is 0 Å². The van der Waals surface area contributed by atoms with Crippen LogP contribution < -0.4 is 10.6 Å². The molecule has 1 aliphatic heterocycles. The smallest absolute Gasteiger partial charge is 0.240 e. The molecule has 0 spiro atoms. The predicted molar refractivity (Wildman–Crippen MR) is 99.2 cm³/mol. The third kappa shape index (κ3) is 5.67.